The zero-order valence-electron chi connectivity index (χ0n) is 22.4. The number of aliphatic imine (C=N–C) groups is 2. The van der Waals surface area contributed by atoms with E-state index in [1.54, 1.807) is 22.7 Å². The van der Waals surface area contributed by atoms with Crippen LogP contribution in [0.2, 0.25) is 0 Å². The summed E-state index contributed by atoms with van der Waals surface area (Å²) in [6.45, 7) is 3.58. The fraction of sp³-hybridized carbons (Fsp3) is 0.360. The Bertz CT molecular complexity index is 1660. The molecule has 12 nitrogen and oxygen atoms in total. The van der Waals surface area contributed by atoms with E-state index in [9.17, 15) is 16.8 Å². The van der Waals surface area contributed by atoms with Gasteiger partial charge in [0.05, 0.1) is 56.0 Å². The van der Waals surface area contributed by atoms with E-state index >= 15 is 0 Å². The molecule has 2 aromatic carbocycles. The third-order valence-electron chi connectivity index (χ3n) is 5.54. The monoisotopic (exact) mass is 638 g/mol. The first kappa shape index (κ1) is 30.9. The van der Waals surface area contributed by atoms with Crippen LogP contribution < -0.4 is 10.6 Å². The van der Waals surface area contributed by atoms with Gasteiger partial charge in [0, 0.05) is 24.2 Å². The van der Waals surface area contributed by atoms with Crippen molar-refractivity contribution in [2.75, 3.05) is 38.7 Å². The van der Waals surface area contributed by atoms with Crippen molar-refractivity contribution in [1.82, 2.24) is 20.6 Å². The summed E-state index contributed by atoms with van der Waals surface area (Å²) < 4.78 is 54.2. The van der Waals surface area contributed by atoms with Crippen LogP contribution in [-0.2, 0) is 33.1 Å². The topological polar surface area (TPSA) is 183 Å². The van der Waals surface area contributed by atoms with Crippen LogP contribution in [0.15, 0.2) is 46.4 Å². The summed E-state index contributed by atoms with van der Waals surface area (Å²) in [5.74, 6) is 2.01. The van der Waals surface area contributed by atoms with Gasteiger partial charge in [-0.15, -0.1) is 22.7 Å². The zero-order valence-corrected chi connectivity index (χ0v) is 25.6. The molecule has 0 radical (unpaired) electrons. The fourth-order valence-corrected chi connectivity index (χ4v) is 6.12. The van der Waals surface area contributed by atoms with Crippen LogP contribution in [0.5, 0.6) is 0 Å². The van der Waals surface area contributed by atoms with Crippen molar-refractivity contribution in [2.45, 2.75) is 19.3 Å². The van der Waals surface area contributed by atoms with E-state index in [1.165, 1.54) is 19.4 Å². The number of hydrogen-bond acceptors (Lipinski definition) is 12. The highest BCUT2D eigenvalue weighted by atomic mass is 32.2. The summed E-state index contributed by atoms with van der Waals surface area (Å²) in [7, 11) is -7.33. The SMILES string of the molecule is CS(=O)(=O)O.CS(=O)(=O)O.c1cc2nc(CCCc3nc4ccc(C5=NCCN5)cc4s3)sc2cc1C1=NCCN1. The second kappa shape index (κ2) is 13.3. The van der Waals surface area contributed by atoms with Crippen molar-refractivity contribution in [3.8, 4) is 0 Å². The minimum Gasteiger partial charge on any atom is -0.368 e. The van der Waals surface area contributed by atoms with E-state index in [0.717, 1.165) is 79.3 Å². The highest BCUT2D eigenvalue weighted by Gasteiger charge is 2.13. The molecule has 0 spiro atoms. The summed E-state index contributed by atoms with van der Waals surface area (Å²) in [4.78, 5) is 18.7. The number of thiazole rings is 2. The lowest BCUT2D eigenvalue weighted by Gasteiger charge is -2.01. The van der Waals surface area contributed by atoms with E-state index in [-0.39, 0.29) is 0 Å². The lowest BCUT2D eigenvalue weighted by Crippen LogP contribution is -2.19. The van der Waals surface area contributed by atoms with Gasteiger partial charge in [0.1, 0.15) is 11.7 Å². The predicted molar refractivity (Wildman–Crippen MR) is 165 cm³/mol. The molecule has 0 unspecified atom stereocenters. The molecule has 0 saturated heterocycles. The van der Waals surface area contributed by atoms with Gasteiger partial charge in [0.25, 0.3) is 20.2 Å². The predicted octanol–water partition coefficient (Wildman–Crippen LogP) is 2.79. The van der Waals surface area contributed by atoms with Crippen molar-refractivity contribution in [1.29, 1.82) is 0 Å². The molecule has 0 bridgehead atoms. The zero-order chi connectivity index (χ0) is 29.6. The molecule has 4 heterocycles. The number of fused-ring (bicyclic) bond motifs is 2. The first-order valence-corrected chi connectivity index (χ1v) is 17.9. The van der Waals surface area contributed by atoms with E-state index < -0.39 is 20.2 Å². The Morgan fingerprint density at radius 3 is 1.46 bits per heavy atom. The first-order chi connectivity index (χ1) is 19.3. The molecule has 4 aromatic rings. The summed E-state index contributed by atoms with van der Waals surface area (Å²) in [5.41, 5.74) is 4.48. The van der Waals surface area contributed by atoms with Gasteiger partial charge >= 0.3 is 0 Å². The van der Waals surface area contributed by atoms with Crippen LogP contribution in [0.1, 0.15) is 27.6 Å². The lowest BCUT2D eigenvalue weighted by atomic mass is 10.2. The maximum atomic E-state index is 9.19. The number of nitrogens with zero attached hydrogens (tertiary/aromatic N) is 4. The number of rotatable bonds is 6. The standard InChI is InChI=1S/C23H22N6S2.2CH4O3S/c1(2-20-28-16-6-4-14(12-18(16)30-20)22-24-8-9-25-22)3-21-29-17-7-5-15(13-19(17)31-21)23-26-10-11-27-23;2*1-5(2,3)4/h4-7,12-13H,1-3,8-11H2,(H,24,25)(H,26,27);2*1H3,(H,2,3,4). The second-order valence-electron chi connectivity index (χ2n) is 9.21. The Kier molecular flexibility index (Phi) is 10.0. The first-order valence-electron chi connectivity index (χ1n) is 12.5. The summed E-state index contributed by atoms with van der Waals surface area (Å²) >= 11 is 3.59. The highest BCUT2D eigenvalue weighted by molar-refractivity contribution is 7.85. The van der Waals surface area contributed by atoms with E-state index in [4.69, 9.17) is 19.1 Å². The van der Waals surface area contributed by atoms with Gasteiger partial charge < -0.3 is 10.6 Å². The third kappa shape index (κ3) is 10.1. The molecule has 2 aliphatic heterocycles. The molecule has 6 rings (SSSR count). The molecule has 16 heteroatoms. The molecular formula is C25H30N6O6S4. The number of amidine groups is 2. The number of nitrogens with one attached hydrogen (secondary N) is 2. The molecule has 0 amide bonds. The lowest BCUT2D eigenvalue weighted by molar-refractivity contribution is 0.488. The molecule has 0 fully saturated rings. The largest absolute Gasteiger partial charge is 0.368 e. The van der Waals surface area contributed by atoms with Crippen LogP contribution in [0.4, 0.5) is 0 Å². The quantitative estimate of drug-likeness (QED) is 0.229. The highest BCUT2D eigenvalue weighted by Crippen LogP contribution is 2.27. The Morgan fingerprint density at radius 1 is 0.732 bits per heavy atom. The molecular weight excluding hydrogens is 609 g/mol. The molecule has 0 atom stereocenters. The molecule has 220 valence electrons. The van der Waals surface area contributed by atoms with Gasteiger partial charge in [-0.2, -0.15) is 16.8 Å². The summed E-state index contributed by atoms with van der Waals surface area (Å²) in [5, 5.41) is 9.08. The summed E-state index contributed by atoms with van der Waals surface area (Å²) in [6.07, 6.45) is 4.45. The fourth-order valence-electron chi connectivity index (χ4n) is 4.03. The Balaban J connectivity index is 0.000000336. The van der Waals surface area contributed by atoms with Gasteiger partial charge in [-0.05, 0) is 55.7 Å². The van der Waals surface area contributed by atoms with Crippen molar-refractivity contribution >= 4 is 75.0 Å². The average Bonchev–Trinajstić information content (AvgIpc) is 3.67. The van der Waals surface area contributed by atoms with Gasteiger partial charge in [0.15, 0.2) is 0 Å². The molecule has 41 heavy (non-hydrogen) atoms. The van der Waals surface area contributed by atoms with Crippen LogP contribution in [0, 0.1) is 0 Å². The van der Waals surface area contributed by atoms with Crippen molar-refractivity contribution in [3.05, 3.63) is 57.5 Å². The van der Waals surface area contributed by atoms with Crippen LogP contribution in [0.3, 0.4) is 0 Å². The van der Waals surface area contributed by atoms with E-state index in [0.29, 0.717) is 12.5 Å². The third-order valence-corrected chi connectivity index (χ3v) is 7.70. The Labute approximate surface area is 246 Å². The number of aromatic nitrogens is 2. The van der Waals surface area contributed by atoms with Gasteiger partial charge in [0.2, 0.25) is 0 Å². The molecule has 0 aliphatic carbocycles. The molecule has 4 N–H and O–H groups in total. The van der Waals surface area contributed by atoms with Crippen LogP contribution in [0.25, 0.3) is 20.4 Å². The minimum absolute atomic E-state index is 0.715. The molecule has 0 saturated carbocycles. The van der Waals surface area contributed by atoms with Gasteiger partial charge in [-0.3, -0.25) is 19.1 Å². The Hall–Kier alpha value is -3.02. The van der Waals surface area contributed by atoms with Crippen LogP contribution in [-0.4, -0.2) is 86.3 Å². The maximum Gasteiger partial charge on any atom is 0.261 e. The van der Waals surface area contributed by atoms with Crippen molar-refractivity contribution in [2.24, 2.45) is 9.98 Å². The normalized spacial score (nSPS) is 14.8. The smallest absolute Gasteiger partial charge is 0.261 e. The van der Waals surface area contributed by atoms with Gasteiger partial charge in [-0.25, -0.2) is 9.97 Å². The molecule has 2 aliphatic rings. The van der Waals surface area contributed by atoms with E-state index in [1.807, 2.05) is 0 Å². The Morgan fingerprint density at radius 2 is 1.12 bits per heavy atom. The number of benzene rings is 2. The van der Waals surface area contributed by atoms with Crippen LogP contribution >= 0.6 is 22.7 Å². The maximum absolute atomic E-state index is 9.19. The minimum atomic E-state index is -3.67. The van der Waals surface area contributed by atoms with Crippen molar-refractivity contribution < 1.29 is 25.9 Å². The van der Waals surface area contributed by atoms with Crippen molar-refractivity contribution in [3.63, 3.8) is 0 Å². The number of aryl methyl sites for hydroxylation is 2. The molecule has 2 aromatic heterocycles. The average molecular weight is 639 g/mol. The summed E-state index contributed by atoms with van der Waals surface area (Å²) in [6, 6.07) is 12.9. The van der Waals surface area contributed by atoms with Gasteiger partial charge in [-0.1, -0.05) is 0 Å². The number of hydrogen-bond donors (Lipinski definition) is 4. The van der Waals surface area contributed by atoms with E-state index in [2.05, 4.69) is 57.0 Å². The second-order valence-corrected chi connectivity index (χ2v) is 14.4.